The zero-order chi connectivity index (χ0) is 9.68. The molecule has 1 aliphatic heterocycles. The molecule has 0 aromatic rings. The second-order valence-electron chi connectivity index (χ2n) is 3.62. The normalized spacial score (nSPS) is 16.6. The largest absolute Gasteiger partial charge is 0.396 e. The number of aliphatic hydroxyl groups is 1. The third kappa shape index (κ3) is 3.19. The maximum Gasteiger partial charge on any atom is 0.0560 e. The molecular weight excluding hydrogens is 164 g/mol. The minimum atomic E-state index is 0.262. The summed E-state index contributed by atoms with van der Waals surface area (Å²) in [6.07, 6.45) is 4.66. The predicted molar refractivity (Wildman–Crippen MR) is 54.7 cm³/mol. The van der Waals surface area contributed by atoms with E-state index in [1.165, 1.54) is 5.71 Å². The topological polar surface area (TPSA) is 35.8 Å². The van der Waals surface area contributed by atoms with Gasteiger partial charge in [0.1, 0.15) is 0 Å². The molecule has 0 radical (unpaired) electrons. The van der Waals surface area contributed by atoms with Crippen LogP contribution in [0.1, 0.15) is 20.3 Å². The van der Waals surface area contributed by atoms with Crippen LogP contribution >= 0.6 is 0 Å². The lowest BCUT2D eigenvalue weighted by Crippen LogP contribution is -2.31. The second kappa shape index (κ2) is 5.02. The van der Waals surface area contributed by atoms with Crippen molar-refractivity contribution in [2.45, 2.75) is 20.3 Å². The van der Waals surface area contributed by atoms with E-state index in [1.807, 2.05) is 12.4 Å². The van der Waals surface area contributed by atoms with Gasteiger partial charge in [0.2, 0.25) is 0 Å². The van der Waals surface area contributed by atoms with E-state index >= 15 is 0 Å². The molecule has 0 bridgehead atoms. The van der Waals surface area contributed by atoms with Crippen molar-refractivity contribution in [3.63, 3.8) is 0 Å². The number of aliphatic imine (C=N–C) groups is 1. The van der Waals surface area contributed by atoms with Crippen LogP contribution in [0, 0.1) is 5.92 Å². The van der Waals surface area contributed by atoms with Crippen molar-refractivity contribution in [3.8, 4) is 0 Å². The fourth-order valence-electron chi connectivity index (χ4n) is 1.28. The Morgan fingerprint density at radius 3 is 3.00 bits per heavy atom. The fraction of sp³-hybridized carbons (Fsp3) is 0.700. The average Bonchev–Trinajstić information content (AvgIpc) is 2.15. The molecule has 3 nitrogen and oxygen atoms in total. The van der Waals surface area contributed by atoms with Crippen molar-refractivity contribution >= 4 is 5.71 Å². The summed E-state index contributed by atoms with van der Waals surface area (Å²) < 4.78 is 0. The third-order valence-electron chi connectivity index (χ3n) is 2.15. The molecule has 0 atom stereocenters. The Morgan fingerprint density at radius 1 is 1.62 bits per heavy atom. The van der Waals surface area contributed by atoms with Crippen LogP contribution in [0.15, 0.2) is 17.4 Å². The molecule has 0 amide bonds. The van der Waals surface area contributed by atoms with Gasteiger partial charge in [-0.2, -0.15) is 0 Å². The summed E-state index contributed by atoms with van der Waals surface area (Å²) in [6.45, 7) is 6.40. The number of nitrogens with zero attached hydrogens (tertiary/aromatic N) is 2. The summed E-state index contributed by atoms with van der Waals surface area (Å²) in [4.78, 5) is 6.51. The van der Waals surface area contributed by atoms with Crippen molar-refractivity contribution in [1.82, 2.24) is 4.90 Å². The highest BCUT2D eigenvalue weighted by Gasteiger charge is 2.11. The van der Waals surface area contributed by atoms with Gasteiger partial charge in [-0.1, -0.05) is 13.8 Å². The Hall–Kier alpha value is -0.830. The van der Waals surface area contributed by atoms with E-state index in [-0.39, 0.29) is 6.61 Å². The van der Waals surface area contributed by atoms with Gasteiger partial charge in [-0.25, -0.2) is 0 Å². The highest BCUT2D eigenvalue weighted by atomic mass is 16.3. The van der Waals surface area contributed by atoms with Crippen molar-refractivity contribution in [2.75, 3.05) is 19.7 Å². The van der Waals surface area contributed by atoms with Crippen LogP contribution in [-0.2, 0) is 0 Å². The summed E-state index contributed by atoms with van der Waals surface area (Å²) in [6, 6.07) is 0. The van der Waals surface area contributed by atoms with Crippen molar-refractivity contribution in [2.24, 2.45) is 10.9 Å². The molecule has 1 heterocycles. The van der Waals surface area contributed by atoms with Gasteiger partial charge in [-0.05, 0) is 12.3 Å². The Morgan fingerprint density at radius 2 is 2.38 bits per heavy atom. The molecule has 0 spiro atoms. The molecule has 13 heavy (non-hydrogen) atoms. The molecule has 0 aromatic carbocycles. The molecule has 0 unspecified atom stereocenters. The van der Waals surface area contributed by atoms with Gasteiger partial charge in [0.05, 0.1) is 6.54 Å². The van der Waals surface area contributed by atoms with E-state index in [0.717, 1.165) is 19.5 Å². The van der Waals surface area contributed by atoms with Crippen molar-refractivity contribution in [3.05, 3.63) is 12.4 Å². The van der Waals surface area contributed by atoms with E-state index in [2.05, 4.69) is 23.7 Å². The van der Waals surface area contributed by atoms with Crippen LogP contribution in [0.5, 0.6) is 0 Å². The maximum atomic E-state index is 8.69. The molecule has 0 saturated carbocycles. The SMILES string of the molecule is CC(C)C1=NC=CN(CCCO)C1. The number of hydrogen-bond acceptors (Lipinski definition) is 3. The molecule has 0 aromatic heterocycles. The van der Waals surface area contributed by atoms with Gasteiger partial charge >= 0.3 is 0 Å². The molecule has 3 heteroatoms. The van der Waals surface area contributed by atoms with Gasteiger partial charge < -0.3 is 10.0 Å². The van der Waals surface area contributed by atoms with E-state index < -0.39 is 0 Å². The molecule has 74 valence electrons. The van der Waals surface area contributed by atoms with Crippen molar-refractivity contribution < 1.29 is 5.11 Å². The first-order valence-corrected chi connectivity index (χ1v) is 4.82. The second-order valence-corrected chi connectivity index (χ2v) is 3.62. The van der Waals surface area contributed by atoms with Gasteiger partial charge in [-0.3, -0.25) is 4.99 Å². The van der Waals surface area contributed by atoms with Gasteiger partial charge in [-0.15, -0.1) is 0 Å². The van der Waals surface area contributed by atoms with Gasteiger partial charge in [0, 0.05) is 31.3 Å². The lowest BCUT2D eigenvalue weighted by molar-refractivity contribution is 0.265. The molecule has 0 saturated heterocycles. The Bertz CT molecular complexity index is 209. The minimum absolute atomic E-state index is 0.262. The molecule has 0 fully saturated rings. The molecule has 1 N–H and O–H groups in total. The molecule has 1 aliphatic rings. The van der Waals surface area contributed by atoms with Crippen molar-refractivity contribution in [1.29, 1.82) is 0 Å². The zero-order valence-electron chi connectivity index (χ0n) is 8.40. The van der Waals surface area contributed by atoms with E-state index in [1.54, 1.807) is 0 Å². The summed E-state index contributed by atoms with van der Waals surface area (Å²) >= 11 is 0. The Kier molecular flexibility index (Phi) is 3.96. The van der Waals surface area contributed by atoms with Crippen LogP contribution < -0.4 is 0 Å². The summed E-state index contributed by atoms with van der Waals surface area (Å²) in [5.74, 6) is 0.515. The first-order chi connectivity index (χ1) is 6.24. The number of hydrogen-bond donors (Lipinski definition) is 1. The first-order valence-electron chi connectivity index (χ1n) is 4.82. The summed E-state index contributed by atoms with van der Waals surface area (Å²) in [5, 5.41) is 8.69. The van der Waals surface area contributed by atoms with Crippen LogP contribution in [0.3, 0.4) is 0 Å². The maximum absolute atomic E-state index is 8.69. The molecule has 0 aliphatic carbocycles. The average molecular weight is 182 g/mol. The Labute approximate surface area is 79.8 Å². The van der Waals surface area contributed by atoms with E-state index in [0.29, 0.717) is 5.92 Å². The third-order valence-corrected chi connectivity index (χ3v) is 2.15. The van der Waals surface area contributed by atoms with E-state index in [9.17, 15) is 0 Å². The monoisotopic (exact) mass is 182 g/mol. The highest BCUT2D eigenvalue weighted by Crippen LogP contribution is 2.07. The van der Waals surface area contributed by atoms with Crippen LogP contribution in [0.4, 0.5) is 0 Å². The summed E-state index contributed by atoms with van der Waals surface area (Å²) in [7, 11) is 0. The number of aliphatic hydroxyl groups excluding tert-OH is 1. The highest BCUT2D eigenvalue weighted by molar-refractivity contribution is 5.89. The van der Waals surface area contributed by atoms with Crippen LogP contribution in [0.25, 0.3) is 0 Å². The summed E-state index contributed by atoms with van der Waals surface area (Å²) in [5.41, 5.74) is 1.22. The fourth-order valence-corrected chi connectivity index (χ4v) is 1.28. The zero-order valence-corrected chi connectivity index (χ0v) is 8.40. The first kappa shape index (κ1) is 10.3. The number of rotatable bonds is 4. The standard InChI is InChI=1S/C10H18N2O/c1-9(2)10-8-12(5-3-7-13)6-4-11-10/h4,6,9,13H,3,5,7-8H2,1-2H3. The van der Waals surface area contributed by atoms with Gasteiger partial charge in [0.25, 0.3) is 0 Å². The lowest BCUT2D eigenvalue weighted by Gasteiger charge is -2.24. The van der Waals surface area contributed by atoms with Gasteiger partial charge in [0.15, 0.2) is 0 Å². The predicted octanol–water partition coefficient (Wildman–Crippen LogP) is 1.25. The molecule has 1 rings (SSSR count). The Balaban J connectivity index is 2.40. The van der Waals surface area contributed by atoms with E-state index in [4.69, 9.17) is 5.11 Å². The van der Waals surface area contributed by atoms with Crippen LogP contribution in [-0.4, -0.2) is 35.4 Å². The lowest BCUT2D eigenvalue weighted by atomic mass is 10.1. The smallest absolute Gasteiger partial charge is 0.0560 e. The quantitative estimate of drug-likeness (QED) is 0.710. The minimum Gasteiger partial charge on any atom is -0.396 e. The molecular formula is C10H18N2O. The van der Waals surface area contributed by atoms with Crippen LogP contribution in [0.2, 0.25) is 0 Å².